The Kier molecular flexibility index (Phi) is 5.90. The van der Waals surface area contributed by atoms with Crippen LogP contribution >= 0.6 is 11.8 Å². The van der Waals surface area contributed by atoms with Crippen molar-refractivity contribution in [2.75, 3.05) is 15.4 Å². The highest BCUT2D eigenvalue weighted by atomic mass is 32.2. The maximum atomic E-state index is 14.6. The molecule has 1 aliphatic rings. The van der Waals surface area contributed by atoms with E-state index in [1.807, 2.05) is 0 Å². The van der Waals surface area contributed by atoms with Crippen molar-refractivity contribution in [1.82, 2.24) is 0 Å². The summed E-state index contributed by atoms with van der Waals surface area (Å²) in [5, 5.41) is 5.06. The molecule has 10 heteroatoms. The van der Waals surface area contributed by atoms with E-state index in [9.17, 15) is 22.4 Å². The third-order valence-electron chi connectivity index (χ3n) is 4.68. The molecule has 1 atom stereocenters. The third-order valence-corrected chi connectivity index (χ3v) is 7.27. The second-order valence-corrected chi connectivity index (χ2v) is 10.1. The number of hydrogen-bond donors (Lipinski definition) is 3. The molecule has 0 aromatic heterocycles. The fourth-order valence-corrected chi connectivity index (χ4v) is 5.12. The first kappa shape index (κ1) is 21.8. The van der Waals surface area contributed by atoms with E-state index in [0.29, 0.717) is 11.4 Å². The molecule has 164 valence electrons. The number of anilines is 3. The average molecular weight is 472 g/mol. The molecule has 0 spiro atoms. The number of para-hydroxylation sites is 1. The molecule has 1 heterocycles. The summed E-state index contributed by atoms with van der Waals surface area (Å²) in [5.41, 5.74) is 1.19. The molecule has 0 bridgehead atoms. The Bertz CT molecular complexity index is 1310. The van der Waals surface area contributed by atoms with Crippen molar-refractivity contribution in [2.45, 2.75) is 22.0 Å². The molecule has 3 aromatic carbocycles. The molecule has 0 saturated carbocycles. The Morgan fingerprint density at radius 3 is 2.50 bits per heavy atom. The molecular formula is C22H18FN3O4S2. The second-order valence-electron chi connectivity index (χ2n) is 7.03. The Balaban J connectivity index is 1.51. The van der Waals surface area contributed by atoms with Crippen LogP contribution in [0.4, 0.5) is 21.5 Å². The number of sulfonamides is 1. The largest absolute Gasteiger partial charge is 0.324 e. The number of hydrogen-bond acceptors (Lipinski definition) is 5. The van der Waals surface area contributed by atoms with Crippen molar-refractivity contribution < 1.29 is 22.4 Å². The van der Waals surface area contributed by atoms with Gasteiger partial charge in [0.2, 0.25) is 5.91 Å². The zero-order valence-corrected chi connectivity index (χ0v) is 18.4. The zero-order valence-electron chi connectivity index (χ0n) is 16.8. The summed E-state index contributed by atoms with van der Waals surface area (Å²) in [7, 11) is -4.14. The van der Waals surface area contributed by atoms with Gasteiger partial charge in [-0.25, -0.2) is 12.8 Å². The fourth-order valence-electron chi connectivity index (χ4n) is 3.07. The van der Waals surface area contributed by atoms with Crippen LogP contribution in [0.2, 0.25) is 0 Å². The molecule has 3 N–H and O–H groups in total. The SMILES string of the molecule is CC1Sc2ccc(C(=O)Nc3ccc(S(=O)(=O)Nc4ccccc4)c(F)c3)cc2NC1=O. The Labute approximate surface area is 188 Å². The first-order valence-electron chi connectivity index (χ1n) is 9.53. The van der Waals surface area contributed by atoms with Crippen LogP contribution in [0.25, 0.3) is 0 Å². The number of thioether (sulfide) groups is 1. The number of halogens is 1. The number of amides is 2. The van der Waals surface area contributed by atoms with Crippen molar-refractivity contribution in [3.63, 3.8) is 0 Å². The topological polar surface area (TPSA) is 104 Å². The van der Waals surface area contributed by atoms with Crippen LogP contribution in [0.3, 0.4) is 0 Å². The normalized spacial score (nSPS) is 15.4. The smallest absolute Gasteiger partial charge is 0.264 e. The van der Waals surface area contributed by atoms with E-state index in [-0.39, 0.29) is 22.4 Å². The monoisotopic (exact) mass is 471 g/mol. The lowest BCUT2D eigenvalue weighted by atomic mass is 10.1. The molecule has 1 unspecified atom stereocenters. The molecule has 0 fully saturated rings. The van der Waals surface area contributed by atoms with E-state index in [2.05, 4.69) is 15.4 Å². The second kappa shape index (κ2) is 8.64. The number of benzene rings is 3. The predicted octanol–water partition coefficient (Wildman–Crippen LogP) is 4.31. The number of carbonyl (C=O) groups is 2. The number of carbonyl (C=O) groups excluding carboxylic acids is 2. The molecule has 0 saturated heterocycles. The Morgan fingerprint density at radius 1 is 1.03 bits per heavy atom. The van der Waals surface area contributed by atoms with Gasteiger partial charge >= 0.3 is 0 Å². The van der Waals surface area contributed by atoms with Gasteiger partial charge < -0.3 is 10.6 Å². The van der Waals surface area contributed by atoms with Crippen molar-refractivity contribution in [3.8, 4) is 0 Å². The summed E-state index contributed by atoms with van der Waals surface area (Å²) in [5.74, 6) is -1.68. The zero-order chi connectivity index (χ0) is 22.9. The molecule has 1 aliphatic heterocycles. The lowest BCUT2D eigenvalue weighted by Crippen LogP contribution is -2.26. The highest BCUT2D eigenvalue weighted by Crippen LogP contribution is 2.36. The summed E-state index contributed by atoms with van der Waals surface area (Å²) in [6.45, 7) is 1.79. The van der Waals surface area contributed by atoms with E-state index in [4.69, 9.17) is 0 Å². The first-order valence-corrected chi connectivity index (χ1v) is 11.9. The van der Waals surface area contributed by atoms with Gasteiger partial charge in [-0.05, 0) is 55.5 Å². The van der Waals surface area contributed by atoms with E-state index in [1.54, 1.807) is 55.5 Å². The van der Waals surface area contributed by atoms with Crippen molar-refractivity contribution in [3.05, 3.63) is 78.1 Å². The van der Waals surface area contributed by atoms with Crippen LogP contribution in [0.1, 0.15) is 17.3 Å². The van der Waals surface area contributed by atoms with E-state index in [1.165, 1.54) is 17.8 Å². The minimum Gasteiger partial charge on any atom is -0.324 e. The van der Waals surface area contributed by atoms with Crippen LogP contribution in [-0.4, -0.2) is 25.5 Å². The average Bonchev–Trinajstić information content (AvgIpc) is 2.74. The van der Waals surface area contributed by atoms with Crippen molar-refractivity contribution >= 4 is 50.7 Å². The van der Waals surface area contributed by atoms with E-state index >= 15 is 0 Å². The fraction of sp³-hybridized carbons (Fsp3) is 0.0909. The number of rotatable bonds is 5. The Morgan fingerprint density at radius 2 is 1.78 bits per heavy atom. The summed E-state index contributed by atoms with van der Waals surface area (Å²) in [6.07, 6.45) is 0. The minimum absolute atomic E-state index is 0.0934. The van der Waals surface area contributed by atoms with Gasteiger partial charge in [0.25, 0.3) is 15.9 Å². The molecule has 4 rings (SSSR count). The van der Waals surface area contributed by atoms with Gasteiger partial charge in [0.1, 0.15) is 10.7 Å². The number of nitrogens with one attached hydrogen (secondary N) is 3. The lowest BCUT2D eigenvalue weighted by molar-refractivity contribution is -0.115. The third kappa shape index (κ3) is 4.61. The van der Waals surface area contributed by atoms with E-state index < -0.39 is 26.6 Å². The lowest BCUT2D eigenvalue weighted by Gasteiger charge is -2.21. The van der Waals surface area contributed by atoms with Crippen LogP contribution in [0.5, 0.6) is 0 Å². The number of fused-ring (bicyclic) bond motifs is 1. The first-order chi connectivity index (χ1) is 15.2. The molecular weight excluding hydrogens is 453 g/mol. The van der Waals surface area contributed by atoms with Gasteiger partial charge in [-0.15, -0.1) is 11.8 Å². The molecule has 2 amide bonds. The quantitative estimate of drug-likeness (QED) is 0.514. The van der Waals surface area contributed by atoms with E-state index in [0.717, 1.165) is 17.0 Å². The van der Waals surface area contributed by atoms with Gasteiger partial charge in [0.15, 0.2) is 0 Å². The summed E-state index contributed by atoms with van der Waals surface area (Å²) in [4.78, 5) is 24.8. The van der Waals surface area contributed by atoms with Crippen molar-refractivity contribution in [2.24, 2.45) is 0 Å². The maximum absolute atomic E-state index is 14.6. The van der Waals surface area contributed by atoms with Gasteiger partial charge in [-0.3, -0.25) is 14.3 Å². The highest BCUT2D eigenvalue weighted by molar-refractivity contribution is 8.01. The predicted molar refractivity (Wildman–Crippen MR) is 122 cm³/mol. The van der Waals surface area contributed by atoms with Gasteiger partial charge in [0.05, 0.1) is 10.9 Å². The van der Waals surface area contributed by atoms with Crippen LogP contribution in [-0.2, 0) is 14.8 Å². The summed E-state index contributed by atoms with van der Waals surface area (Å²) in [6, 6.07) is 16.3. The van der Waals surface area contributed by atoms with Crippen LogP contribution < -0.4 is 15.4 Å². The van der Waals surface area contributed by atoms with Gasteiger partial charge in [-0.1, -0.05) is 18.2 Å². The molecule has 7 nitrogen and oxygen atoms in total. The molecule has 0 aliphatic carbocycles. The maximum Gasteiger partial charge on any atom is 0.264 e. The Hall–Kier alpha value is -3.37. The van der Waals surface area contributed by atoms with Crippen LogP contribution in [0, 0.1) is 5.82 Å². The van der Waals surface area contributed by atoms with Crippen molar-refractivity contribution in [1.29, 1.82) is 0 Å². The molecule has 32 heavy (non-hydrogen) atoms. The highest BCUT2D eigenvalue weighted by Gasteiger charge is 2.24. The van der Waals surface area contributed by atoms with Crippen LogP contribution in [0.15, 0.2) is 76.5 Å². The summed E-state index contributed by atoms with van der Waals surface area (Å²) < 4.78 is 41.9. The van der Waals surface area contributed by atoms with Gasteiger partial charge in [0, 0.05) is 21.8 Å². The standard InChI is InChI=1S/C22H18FN3O4S2/c1-13-21(27)25-18-11-14(7-9-19(18)31-13)22(28)24-16-8-10-20(17(23)12-16)32(29,30)26-15-5-3-2-4-6-15/h2-13,26H,1H3,(H,24,28)(H,25,27). The molecule has 0 radical (unpaired) electrons. The molecule has 3 aromatic rings. The minimum atomic E-state index is -4.14. The van der Waals surface area contributed by atoms with Gasteiger partial charge in [-0.2, -0.15) is 0 Å². The summed E-state index contributed by atoms with van der Waals surface area (Å²) >= 11 is 1.39.